The van der Waals surface area contributed by atoms with Gasteiger partial charge in [0.15, 0.2) is 0 Å². The Balaban J connectivity index is 2.08. The molecular formula is C14H18ClN3O2S. The van der Waals surface area contributed by atoms with Crippen molar-refractivity contribution in [3.63, 3.8) is 0 Å². The fourth-order valence-electron chi connectivity index (χ4n) is 2.59. The Bertz CT molecular complexity index is 655. The fourth-order valence-corrected chi connectivity index (χ4v) is 3.97. The second-order valence-electron chi connectivity index (χ2n) is 5.03. The average Bonchev–Trinajstić information content (AvgIpc) is 2.92. The van der Waals surface area contributed by atoms with Crippen LogP contribution >= 0.6 is 11.6 Å². The Morgan fingerprint density at radius 2 is 2.29 bits per heavy atom. The number of likely N-dealkylation sites (tertiary alicyclic amines) is 1. The molecule has 0 saturated carbocycles. The van der Waals surface area contributed by atoms with E-state index >= 15 is 0 Å². The van der Waals surface area contributed by atoms with Crippen molar-refractivity contribution in [3.8, 4) is 6.07 Å². The summed E-state index contributed by atoms with van der Waals surface area (Å²) < 4.78 is 27.2. The van der Waals surface area contributed by atoms with Gasteiger partial charge in [0.2, 0.25) is 10.0 Å². The lowest BCUT2D eigenvalue weighted by Gasteiger charge is -2.22. The van der Waals surface area contributed by atoms with E-state index in [2.05, 4.69) is 16.5 Å². The number of nitrogens with one attached hydrogen (secondary N) is 1. The Labute approximate surface area is 130 Å². The molecule has 1 aliphatic rings. The van der Waals surface area contributed by atoms with Gasteiger partial charge < -0.3 is 0 Å². The number of nitrogens with zero attached hydrogens (tertiary/aromatic N) is 2. The average molecular weight is 328 g/mol. The molecule has 1 atom stereocenters. The van der Waals surface area contributed by atoms with Crippen molar-refractivity contribution in [1.82, 2.24) is 9.62 Å². The lowest BCUT2D eigenvalue weighted by molar-refractivity contribution is 0.268. The van der Waals surface area contributed by atoms with Crippen molar-refractivity contribution in [1.29, 1.82) is 5.26 Å². The third-order valence-corrected chi connectivity index (χ3v) is 5.52. The molecule has 1 heterocycles. The predicted octanol–water partition coefficient (Wildman–Crippen LogP) is 1.97. The highest BCUT2D eigenvalue weighted by Crippen LogP contribution is 2.21. The lowest BCUT2D eigenvalue weighted by atomic mass is 10.2. The number of nitriles is 1. The van der Waals surface area contributed by atoms with Crippen molar-refractivity contribution in [2.75, 3.05) is 19.6 Å². The summed E-state index contributed by atoms with van der Waals surface area (Å²) in [5.74, 6) is 0. The van der Waals surface area contributed by atoms with E-state index in [0.29, 0.717) is 6.54 Å². The van der Waals surface area contributed by atoms with Crippen LogP contribution in [-0.4, -0.2) is 39.0 Å². The highest BCUT2D eigenvalue weighted by atomic mass is 35.5. The van der Waals surface area contributed by atoms with Crippen LogP contribution in [0.5, 0.6) is 0 Å². The molecule has 1 aromatic carbocycles. The van der Waals surface area contributed by atoms with E-state index in [1.54, 1.807) is 0 Å². The van der Waals surface area contributed by atoms with Crippen molar-refractivity contribution in [3.05, 3.63) is 28.8 Å². The van der Waals surface area contributed by atoms with Gasteiger partial charge in [-0.3, -0.25) is 4.90 Å². The molecule has 0 radical (unpaired) electrons. The molecule has 0 bridgehead atoms. The molecule has 1 saturated heterocycles. The van der Waals surface area contributed by atoms with E-state index in [1.165, 1.54) is 18.2 Å². The largest absolute Gasteiger partial charge is 0.299 e. The number of rotatable bonds is 5. The van der Waals surface area contributed by atoms with Crippen LogP contribution in [0.4, 0.5) is 0 Å². The third kappa shape index (κ3) is 3.74. The topological polar surface area (TPSA) is 73.2 Å². The summed E-state index contributed by atoms with van der Waals surface area (Å²) in [7, 11) is -3.60. The first-order chi connectivity index (χ1) is 9.97. The zero-order valence-electron chi connectivity index (χ0n) is 11.8. The second-order valence-corrected chi connectivity index (χ2v) is 7.20. The minimum atomic E-state index is -3.60. The number of likely N-dealkylation sites (N-methyl/N-ethyl adjacent to an activating group) is 1. The predicted molar refractivity (Wildman–Crippen MR) is 81.6 cm³/mol. The second kappa shape index (κ2) is 6.75. The number of benzene rings is 1. The zero-order chi connectivity index (χ0) is 15.5. The number of hydrogen-bond acceptors (Lipinski definition) is 4. The van der Waals surface area contributed by atoms with Crippen molar-refractivity contribution in [2.45, 2.75) is 30.7 Å². The maximum absolute atomic E-state index is 12.3. The summed E-state index contributed by atoms with van der Waals surface area (Å²) in [6.45, 7) is 4.42. The van der Waals surface area contributed by atoms with Crippen molar-refractivity contribution in [2.24, 2.45) is 0 Å². The van der Waals surface area contributed by atoms with Gasteiger partial charge >= 0.3 is 0 Å². The van der Waals surface area contributed by atoms with Crippen LogP contribution < -0.4 is 4.72 Å². The van der Waals surface area contributed by atoms with Crippen molar-refractivity contribution < 1.29 is 8.42 Å². The Morgan fingerprint density at radius 3 is 2.90 bits per heavy atom. The number of sulfonamides is 1. The Morgan fingerprint density at radius 1 is 1.52 bits per heavy atom. The smallest absolute Gasteiger partial charge is 0.240 e. The standard InChI is InChI=1S/C14H18ClN3O2S/c1-2-18-7-3-4-12(18)10-17-21(19,20)13-6-5-11(9-16)14(15)8-13/h5-6,8,12,17H,2-4,7,10H2,1H3/t12-/m1/s1. The van der Waals surface area contributed by atoms with Crippen LogP contribution in [0.25, 0.3) is 0 Å². The van der Waals surface area contributed by atoms with Gasteiger partial charge in [-0.15, -0.1) is 0 Å². The summed E-state index contributed by atoms with van der Waals surface area (Å²) in [4.78, 5) is 2.36. The minimum absolute atomic E-state index is 0.0903. The van der Waals surface area contributed by atoms with E-state index in [1.807, 2.05) is 6.07 Å². The van der Waals surface area contributed by atoms with Gasteiger partial charge in [-0.1, -0.05) is 18.5 Å². The molecule has 0 aromatic heterocycles. The van der Waals surface area contributed by atoms with Crippen LogP contribution in [0.1, 0.15) is 25.3 Å². The fraction of sp³-hybridized carbons (Fsp3) is 0.500. The first kappa shape index (κ1) is 16.2. The lowest BCUT2D eigenvalue weighted by Crippen LogP contribution is -2.39. The number of hydrogen-bond donors (Lipinski definition) is 1. The summed E-state index contributed by atoms with van der Waals surface area (Å²) in [6, 6.07) is 6.30. The highest BCUT2D eigenvalue weighted by Gasteiger charge is 2.25. The van der Waals surface area contributed by atoms with Gasteiger partial charge in [0.1, 0.15) is 6.07 Å². The van der Waals surface area contributed by atoms with E-state index < -0.39 is 10.0 Å². The molecule has 2 rings (SSSR count). The van der Waals surface area contributed by atoms with Crippen LogP contribution in [0.2, 0.25) is 5.02 Å². The molecule has 0 unspecified atom stereocenters. The first-order valence-electron chi connectivity index (χ1n) is 6.91. The van der Waals surface area contributed by atoms with E-state index in [9.17, 15) is 8.42 Å². The maximum atomic E-state index is 12.3. The molecule has 21 heavy (non-hydrogen) atoms. The highest BCUT2D eigenvalue weighted by molar-refractivity contribution is 7.89. The van der Waals surface area contributed by atoms with Gasteiger partial charge in [-0.05, 0) is 44.1 Å². The van der Waals surface area contributed by atoms with Gasteiger partial charge in [0.05, 0.1) is 15.5 Å². The van der Waals surface area contributed by atoms with Crippen LogP contribution in [0.15, 0.2) is 23.1 Å². The zero-order valence-corrected chi connectivity index (χ0v) is 13.4. The first-order valence-corrected chi connectivity index (χ1v) is 8.77. The normalized spacial score (nSPS) is 19.6. The summed E-state index contributed by atoms with van der Waals surface area (Å²) >= 11 is 5.89. The Kier molecular flexibility index (Phi) is 5.22. The van der Waals surface area contributed by atoms with Gasteiger partial charge in [0.25, 0.3) is 0 Å². The molecule has 0 aliphatic carbocycles. The maximum Gasteiger partial charge on any atom is 0.240 e. The minimum Gasteiger partial charge on any atom is -0.299 e. The molecule has 7 heteroatoms. The van der Waals surface area contributed by atoms with E-state index in [0.717, 1.165) is 25.9 Å². The molecule has 114 valence electrons. The van der Waals surface area contributed by atoms with Crippen molar-refractivity contribution >= 4 is 21.6 Å². The molecule has 1 aliphatic heterocycles. The van der Waals surface area contributed by atoms with E-state index in [-0.39, 0.29) is 21.5 Å². The molecule has 0 amide bonds. The molecular weight excluding hydrogens is 310 g/mol. The van der Waals surface area contributed by atoms with Crippen LogP contribution in [-0.2, 0) is 10.0 Å². The summed E-state index contributed by atoms with van der Waals surface area (Å²) in [5.41, 5.74) is 0.267. The SMILES string of the molecule is CCN1CCC[C@@H]1CNS(=O)(=O)c1ccc(C#N)c(Cl)c1. The van der Waals surface area contributed by atoms with Gasteiger partial charge in [-0.25, -0.2) is 13.1 Å². The van der Waals surface area contributed by atoms with Gasteiger partial charge in [-0.2, -0.15) is 5.26 Å². The third-order valence-electron chi connectivity index (χ3n) is 3.79. The summed E-state index contributed by atoms with van der Waals surface area (Å²) in [6.07, 6.45) is 2.10. The molecule has 5 nitrogen and oxygen atoms in total. The molecule has 1 aromatic rings. The molecule has 0 spiro atoms. The Hall–Kier alpha value is -1.13. The quantitative estimate of drug-likeness (QED) is 0.897. The van der Waals surface area contributed by atoms with Crippen LogP contribution in [0, 0.1) is 11.3 Å². The monoisotopic (exact) mass is 327 g/mol. The molecule has 1 N–H and O–H groups in total. The van der Waals surface area contributed by atoms with E-state index in [4.69, 9.17) is 16.9 Å². The van der Waals surface area contributed by atoms with Crippen LogP contribution in [0.3, 0.4) is 0 Å². The molecule has 1 fully saturated rings. The number of halogens is 1. The van der Waals surface area contributed by atoms with Gasteiger partial charge in [0, 0.05) is 12.6 Å². The summed E-state index contributed by atoms with van der Waals surface area (Å²) in [5, 5.41) is 8.96.